The predicted molar refractivity (Wildman–Crippen MR) is 134 cm³/mol. The van der Waals surface area contributed by atoms with Crippen LogP contribution in [0.3, 0.4) is 0 Å². The van der Waals surface area contributed by atoms with E-state index in [1.54, 1.807) is 12.3 Å². The second-order valence-corrected chi connectivity index (χ2v) is 9.31. The highest BCUT2D eigenvalue weighted by atomic mass is 16.5. The van der Waals surface area contributed by atoms with Crippen LogP contribution in [-0.4, -0.2) is 22.5 Å². The average Bonchev–Trinajstić information content (AvgIpc) is 3.61. The van der Waals surface area contributed by atoms with Crippen LogP contribution in [0.15, 0.2) is 60.8 Å². The summed E-state index contributed by atoms with van der Waals surface area (Å²) in [6.07, 6.45) is 7.29. The van der Waals surface area contributed by atoms with Gasteiger partial charge in [-0.05, 0) is 72.9 Å². The van der Waals surface area contributed by atoms with Crippen LogP contribution in [0.1, 0.15) is 46.3 Å². The van der Waals surface area contributed by atoms with E-state index in [1.165, 1.54) is 30.4 Å². The molecule has 2 heterocycles. The maximum absolute atomic E-state index is 13.2. The van der Waals surface area contributed by atoms with E-state index < -0.39 is 0 Å². The molecule has 2 aliphatic rings. The molecule has 172 valence electrons. The van der Waals surface area contributed by atoms with Crippen molar-refractivity contribution in [3.63, 3.8) is 0 Å². The highest BCUT2D eigenvalue weighted by Gasteiger charge is 2.24. The molecule has 0 unspecified atom stereocenters. The summed E-state index contributed by atoms with van der Waals surface area (Å²) in [6.45, 7) is 0.647. The number of para-hydroxylation sites is 1. The largest absolute Gasteiger partial charge is 0.477 e. The van der Waals surface area contributed by atoms with E-state index >= 15 is 0 Å². The van der Waals surface area contributed by atoms with E-state index in [9.17, 15) is 10.1 Å². The lowest BCUT2D eigenvalue weighted by molar-refractivity contribution is 0.102. The van der Waals surface area contributed by atoms with Gasteiger partial charge in [0, 0.05) is 17.1 Å². The minimum atomic E-state index is -0.333. The number of hydrogen-bond acceptors (Lipinski definition) is 5. The van der Waals surface area contributed by atoms with Gasteiger partial charge in [0.1, 0.15) is 5.82 Å². The molecule has 0 atom stereocenters. The number of aromatic nitrogens is 2. The lowest BCUT2D eigenvalue weighted by Crippen LogP contribution is -2.14. The smallest absolute Gasteiger partial charge is 0.258 e. The molecule has 2 aromatic heterocycles. The molecule has 4 aromatic rings. The van der Waals surface area contributed by atoms with Gasteiger partial charge < -0.3 is 10.1 Å². The number of carbonyl (C=O) groups excluding carboxylic acids is 1. The lowest BCUT2D eigenvalue weighted by Gasteiger charge is -2.13. The Morgan fingerprint density at radius 1 is 1.09 bits per heavy atom. The Hall–Kier alpha value is -4.24. The van der Waals surface area contributed by atoms with Gasteiger partial charge in [0.05, 0.1) is 29.3 Å². The maximum atomic E-state index is 13.2. The van der Waals surface area contributed by atoms with Gasteiger partial charge in [-0.25, -0.2) is 9.97 Å². The van der Waals surface area contributed by atoms with Gasteiger partial charge in [0.2, 0.25) is 5.88 Å². The molecule has 0 radical (unpaired) electrons. The molecule has 0 aliphatic heterocycles. The summed E-state index contributed by atoms with van der Waals surface area (Å²) >= 11 is 0. The number of nitrogens with one attached hydrogen (secondary N) is 1. The Morgan fingerprint density at radius 3 is 2.80 bits per heavy atom. The van der Waals surface area contributed by atoms with Gasteiger partial charge in [-0.2, -0.15) is 5.26 Å². The number of ether oxygens (including phenoxy) is 1. The molecule has 6 nitrogen and oxygen atoms in total. The first-order chi connectivity index (χ1) is 17.2. The van der Waals surface area contributed by atoms with Gasteiger partial charge >= 0.3 is 0 Å². The SMILES string of the molecule is N#Cc1cc(NC(=O)c2cnc(OCC3CC3)c(-c3ccc4c(c3)CCC4)c2)nc2ccccc12. The van der Waals surface area contributed by atoms with Crippen molar-refractivity contribution in [2.75, 3.05) is 11.9 Å². The Kier molecular flexibility index (Phi) is 5.38. The number of nitrogens with zero attached hydrogens (tertiary/aromatic N) is 3. The highest BCUT2D eigenvalue weighted by molar-refractivity contribution is 6.05. The normalized spacial score (nSPS) is 14.4. The van der Waals surface area contributed by atoms with Crippen LogP contribution in [0.25, 0.3) is 22.0 Å². The molecule has 2 aromatic carbocycles. The molecule has 1 fully saturated rings. The zero-order chi connectivity index (χ0) is 23.8. The fourth-order valence-electron chi connectivity index (χ4n) is 4.64. The van der Waals surface area contributed by atoms with Crippen molar-refractivity contribution in [2.24, 2.45) is 5.92 Å². The van der Waals surface area contributed by atoms with E-state index in [0.29, 0.717) is 40.9 Å². The van der Waals surface area contributed by atoms with E-state index in [-0.39, 0.29) is 5.91 Å². The number of rotatable bonds is 6. The summed E-state index contributed by atoms with van der Waals surface area (Å²) < 4.78 is 6.08. The first kappa shape index (κ1) is 21.3. The van der Waals surface area contributed by atoms with Crippen LogP contribution in [0, 0.1) is 17.2 Å². The second kappa shape index (κ2) is 8.84. The molecule has 0 saturated heterocycles. The summed E-state index contributed by atoms with van der Waals surface area (Å²) in [5, 5.41) is 13.1. The van der Waals surface area contributed by atoms with Crippen LogP contribution < -0.4 is 10.1 Å². The van der Waals surface area contributed by atoms with Crippen molar-refractivity contribution in [3.8, 4) is 23.1 Å². The number of aryl methyl sites for hydroxylation is 2. The maximum Gasteiger partial charge on any atom is 0.258 e. The number of nitriles is 1. The number of anilines is 1. The molecule has 2 aliphatic carbocycles. The summed E-state index contributed by atoms with van der Waals surface area (Å²) in [5.74, 6) is 1.15. The van der Waals surface area contributed by atoms with Crippen LogP contribution in [0.4, 0.5) is 5.82 Å². The summed E-state index contributed by atoms with van der Waals surface area (Å²) in [5.41, 5.74) is 6.11. The third-order valence-electron chi connectivity index (χ3n) is 6.75. The molecule has 1 amide bonds. The van der Waals surface area contributed by atoms with Crippen LogP contribution in [0.2, 0.25) is 0 Å². The molecule has 6 rings (SSSR count). The molecule has 1 saturated carbocycles. The Labute approximate surface area is 203 Å². The van der Waals surface area contributed by atoms with Gasteiger partial charge in [-0.3, -0.25) is 4.79 Å². The standard InChI is InChI=1S/C29H24N4O2/c30-15-22-14-27(32-26-7-2-1-6-24(22)26)33-28(34)23-13-25(29(31-16-23)35-17-18-8-9-18)21-11-10-19-4-3-5-20(19)12-21/h1-2,6-7,10-14,16,18H,3-5,8-9,17H2,(H,32,33,34). The fraction of sp³-hybridized carbons (Fsp3) is 0.241. The predicted octanol–water partition coefficient (Wildman–Crippen LogP) is 5.70. The van der Waals surface area contributed by atoms with E-state index in [2.05, 4.69) is 39.6 Å². The molecule has 1 N–H and O–H groups in total. The fourth-order valence-corrected chi connectivity index (χ4v) is 4.64. The van der Waals surface area contributed by atoms with Crippen molar-refractivity contribution >= 4 is 22.6 Å². The number of hydrogen-bond donors (Lipinski definition) is 1. The molecular formula is C29H24N4O2. The first-order valence-electron chi connectivity index (χ1n) is 12.0. The summed E-state index contributed by atoms with van der Waals surface area (Å²) in [6, 6.07) is 19.5. The number of pyridine rings is 2. The Bertz CT molecular complexity index is 1500. The molecule has 0 bridgehead atoms. The van der Waals surface area contributed by atoms with Crippen molar-refractivity contribution in [1.82, 2.24) is 9.97 Å². The number of carbonyl (C=O) groups is 1. The quantitative estimate of drug-likeness (QED) is 0.399. The van der Waals surface area contributed by atoms with Crippen LogP contribution >= 0.6 is 0 Å². The van der Waals surface area contributed by atoms with Crippen molar-refractivity contribution in [3.05, 3.63) is 83.0 Å². The average molecular weight is 461 g/mol. The monoisotopic (exact) mass is 460 g/mol. The summed E-state index contributed by atoms with van der Waals surface area (Å²) in [7, 11) is 0. The number of amides is 1. The van der Waals surface area contributed by atoms with Crippen molar-refractivity contribution in [2.45, 2.75) is 32.1 Å². The van der Waals surface area contributed by atoms with E-state index in [1.807, 2.05) is 30.3 Å². The van der Waals surface area contributed by atoms with Crippen LogP contribution in [-0.2, 0) is 12.8 Å². The number of fused-ring (bicyclic) bond motifs is 2. The Morgan fingerprint density at radius 2 is 1.94 bits per heavy atom. The molecular weight excluding hydrogens is 436 g/mol. The Balaban J connectivity index is 1.33. The molecule has 35 heavy (non-hydrogen) atoms. The van der Waals surface area contributed by atoms with Crippen molar-refractivity contribution < 1.29 is 9.53 Å². The topological polar surface area (TPSA) is 87.9 Å². The van der Waals surface area contributed by atoms with Crippen molar-refractivity contribution in [1.29, 1.82) is 5.26 Å². The highest BCUT2D eigenvalue weighted by Crippen LogP contribution is 2.35. The first-order valence-corrected chi connectivity index (χ1v) is 12.0. The second-order valence-electron chi connectivity index (χ2n) is 9.31. The number of benzene rings is 2. The van der Waals surface area contributed by atoms with Gasteiger partial charge in [0.15, 0.2) is 0 Å². The van der Waals surface area contributed by atoms with Gasteiger partial charge in [0.25, 0.3) is 5.91 Å². The molecule has 0 spiro atoms. The van der Waals surface area contributed by atoms with Gasteiger partial charge in [-0.1, -0.05) is 36.4 Å². The van der Waals surface area contributed by atoms with E-state index in [4.69, 9.17) is 4.74 Å². The zero-order valence-corrected chi connectivity index (χ0v) is 19.3. The van der Waals surface area contributed by atoms with Gasteiger partial charge in [-0.15, -0.1) is 0 Å². The minimum Gasteiger partial charge on any atom is -0.477 e. The third kappa shape index (κ3) is 4.33. The lowest BCUT2D eigenvalue weighted by atomic mass is 10.00. The zero-order valence-electron chi connectivity index (χ0n) is 19.3. The minimum absolute atomic E-state index is 0.332. The van der Waals surface area contributed by atoms with Crippen LogP contribution in [0.5, 0.6) is 5.88 Å². The van der Waals surface area contributed by atoms with E-state index in [0.717, 1.165) is 29.4 Å². The molecule has 6 heteroatoms. The third-order valence-corrected chi connectivity index (χ3v) is 6.75. The summed E-state index contributed by atoms with van der Waals surface area (Å²) in [4.78, 5) is 22.2.